The Kier molecular flexibility index (Phi) is 4.65. The molecule has 0 spiro atoms. The normalized spacial score (nSPS) is 11.2. The zero-order valence-electron chi connectivity index (χ0n) is 13.9. The molecule has 0 bridgehead atoms. The van der Waals surface area contributed by atoms with Gasteiger partial charge in [0.25, 0.3) is 0 Å². The van der Waals surface area contributed by atoms with E-state index in [0.717, 1.165) is 42.7 Å². The molecule has 2 heterocycles. The lowest BCUT2D eigenvalue weighted by Gasteiger charge is -2.07. The first-order valence-electron chi connectivity index (χ1n) is 8.02. The molecule has 1 amide bonds. The molecule has 0 saturated heterocycles. The van der Waals surface area contributed by atoms with E-state index in [1.807, 2.05) is 49.4 Å². The summed E-state index contributed by atoms with van der Waals surface area (Å²) >= 11 is 4.86. The number of hydrogen-bond donors (Lipinski definition) is 2. The topological polar surface area (TPSA) is 70.7 Å². The van der Waals surface area contributed by atoms with Gasteiger partial charge in [-0.3, -0.25) is 4.79 Å². The average Bonchev–Trinajstić information content (AvgIpc) is 3.02. The van der Waals surface area contributed by atoms with Gasteiger partial charge in [-0.05, 0) is 36.8 Å². The maximum Gasteiger partial charge on any atom is 0.234 e. The zero-order chi connectivity index (χ0) is 18.1. The molecule has 0 aliphatic carbocycles. The van der Waals surface area contributed by atoms with Crippen molar-refractivity contribution >= 4 is 61.2 Å². The van der Waals surface area contributed by atoms with Gasteiger partial charge in [0.1, 0.15) is 16.9 Å². The third kappa shape index (κ3) is 3.32. The van der Waals surface area contributed by atoms with Crippen LogP contribution in [0.4, 0.5) is 5.69 Å². The van der Waals surface area contributed by atoms with Crippen LogP contribution in [0.5, 0.6) is 0 Å². The standard InChI is InChI=1S/C19H15BrN4OS/c1-11-8-12(6-7-14(11)20)23-16(25)9-26-19-18-17(21-10-22-19)13-4-2-3-5-15(13)24-18/h2-8,10,24H,9H2,1H3,(H,23,25). The number of aromatic nitrogens is 3. The number of rotatable bonds is 4. The average molecular weight is 427 g/mol. The number of carbonyl (C=O) groups is 1. The van der Waals surface area contributed by atoms with Gasteiger partial charge in [-0.2, -0.15) is 0 Å². The van der Waals surface area contributed by atoms with E-state index >= 15 is 0 Å². The van der Waals surface area contributed by atoms with Gasteiger partial charge in [-0.15, -0.1) is 0 Å². The van der Waals surface area contributed by atoms with Gasteiger partial charge < -0.3 is 10.3 Å². The van der Waals surface area contributed by atoms with Crippen molar-refractivity contribution in [3.05, 3.63) is 58.8 Å². The number of H-pyrrole nitrogens is 1. The van der Waals surface area contributed by atoms with Crippen LogP contribution < -0.4 is 5.32 Å². The molecule has 130 valence electrons. The van der Waals surface area contributed by atoms with E-state index in [1.165, 1.54) is 11.8 Å². The number of benzene rings is 2. The Morgan fingerprint density at radius 2 is 2.08 bits per heavy atom. The number of halogens is 1. The van der Waals surface area contributed by atoms with Gasteiger partial charge in [0.15, 0.2) is 0 Å². The number of fused-ring (bicyclic) bond motifs is 3. The lowest BCUT2D eigenvalue weighted by atomic mass is 10.2. The summed E-state index contributed by atoms with van der Waals surface area (Å²) in [5, 5.41) is 4.75. The molecule has 0 aliphatic rings. The highest BCUT2D eigenvalue weighted by molar-refractivity contribution is 9.10. The van der Waals surface area contributed by atoms with Crippen LogP contribution in [0.2, 0.25) is 0 Å². The minimum atomic E-state index is -0.0698. The molecule has 0 atom stereocenters. The maximum absolute atomic E-state index is 12.3. The van der Waals surface area contributed by atoms with E-state index in [1.54, 1.807) is 6.33 Å². The van der Waals surface area contributed by atoms with E-state index < -0.39 is 0 Å². The van der Waals surface area contributed by atoms with Crippen LogP contribution in [0, 0.1) is 6.92 Å². The van der Waals surface area contributed by atoms with Gasteiger partial charge >= 0.3 is 0 Å². The van der Waals surface area contributed by atoms with Gasteiger partial charge in [-0.25, -0.2) is 9.97 Å². The number of nitrogens with one attached hydrogen (secondary N) is 2. The summed E-state index contributed by atoms with van der Waals surface area (Å²) in [7, 11) is 0. The fourth-order valence-corrected chi connectivity index (χ4v) is 3.78. The zero-order valence-corrected chi connectivity index (χ0v) is 16.3. The fraction of sp³-hybridized carbons (Fsp3) is 0.105. The fourth-order valence-electron chi connectivity index (χ4n) is 2.78. The number of thioether (sulfide) groups is 1. The summed E-state index contributed by atoms with van der Waals surface area (Å²) in [4.78, 5) is 24.4. The molecular formula is C19H15BrN4OS. The number of anilines is 1. The molecule has 0 fully saturated rings. The summed E-state index contributed by atoms with van der Waals surface area (Å²) in [6.45, 7) is 1.99. The molecule has 7 heteroatoms. The highest BCUT2D eigenvalue weighted by atomic mass is 79.9. The van der Waals surface area contributed by atoms with Gasteiger partial charge in [-0.1, -0.05) is 45.9 Å². The quantitative estimate of drug-likeness (QED) is 0.359. The van der Waals surface area contributed by atoms with Crippen LogP contribution in [-0.2, 0) is 4.79 Å². The van der Waals surface area contributed by atoms with Gasteiger partial charge in [0, 0.05) is 21.1 Å². The maximum atomic E-state index is 12.3. The predicted molar refractivity (Wildman–Crippen MR) is 110 cm³/mol. The van der Waals surface area contributed by atoms with Gasteiger partial charge in [0.05, 0.1) is 11.3 Å². The summed E-state index contributed by atoms with van der Waals surface area (Å²) in [5.74, 6) is 0.205. The van der Waals surface area contributed by atoms with Crippen molar-refractivity contribution in [3.8, 4) is 0 Å². The van der Waals surface area contributed by atoms with Crippen LogP contribution in [0.1, 0.15) is 5.56 Å². The summed E-state index contributed by atoms with van der Waals surface area (Å²) < 4.78 is 1.02. The molecule has 5 nitrogen and oxygen atoms in total. The summed E-state index contributed by atoms with van der Waals surface area (Å²) in [6, 6.07) is 13.7. The molecule has 4 rings (SSSR count). The number of carbonyl (C=O) groups excluding carboxylic acids is 1. The SMILES string of the molecule is Cc1cc(NC(=O)CSc2ncnc3c2[nH]c2ccccc23)ccc1Br. The molecule has 0 saturated carbocycles. The third-order valence-corrected chi connectivity index (χ3v) is 5.92. The minimum absolute atomic E-state index is 0.0698. The first-order valence-corrected chi connectivity index (χ1v) is 9.80. The number of aryl methyl sites for hydroxylation is 1. The molecule has 4 aromatic rings. The molecule has 0 radical (unpaired) electrons. The van der Waals surface area contributed by atoms with Crippen molar-refractivity contribution in [2.75, 3.05) is 11.1 Å². The van der Waals surface area contributed by atoms with Crippen LogP contribution in [-0.4, -0.2) is 26.6 Å². The van der Waals surface area contributed by atoms with E-state index in [2.05, 4.69) is 36.2 Å². The molecule has 0 aliphatic heterocycles. The molecule has 2 aromatic heterocycles. The Bertz CT molecular complexity index is 1130. The monoisotopic (exact) mass is 426 g/mol. The van der Waals surface area contributed by atoms with Crippen LogP contribution in [0.3, 0.4) is 0 Å². The van der Waals surface area contributed by atoms with Crippen molar-refractivity contribution in [1.82, 2.24) is 15.0 Å². The molecule has 26 heavy (non-hydrogen) atoms. The van der Waals surface area contributed by atoms with E-state index in [4.69, 9.17) is 0 Å². The number of amides is 1. The number of para-hydroxylation sites is 1. The van der Waals surface area contributed by atoms with Crippen molar-refractivity contribution in [2.24, 2.45) is 0 Å². The first-order chi connectivity index (χ1) is 12.6. The molecule has 2 N–H and O–H groups in total. The number of aromatic amines is 1. The van der Waals surface area contributed by atoms with Crippen molar-refractivity contribution in [1.29, 1.82) is 0 Å². The van der Waals surface area contributed by atoms with Crippen molar-refractivity contribution < 1.29 is 4.79 Å². The van der Waals surface area contributed by atoms with Crippen LogP contribution in [0.25, 0.3) is 21.9 Å². The predicted octanol–water partition coefficient (Wildman–Crippen LogP) is 4.91. The van der Waals surface area contributed by atoms with E-state index in [-0.39, 0.29) is 11.7 Å². The second-order valence-corrected chi connectivity index (χ2v) is 7.69. The second-order valence-electron chi connectivity index (χ2n) is 5.87. The van der Waals surface area contributed by atoms with Crippen LogP contribution >= 0.6 is 27.7 Å². The van der Waals surface area contributed by atoms with E-state index in [9.17, 15) is 4.79 Å². The largest absolute Gasteiger partial charge is 0.351 e. The summed E-state index contributed by atoms with van der Waals surface area (Å²) in [6.07, 6.45) is 1.54. The Morgan fingerprint density at radius 3 is 2.92 bits per heavy atom. The molecule has 2 aromatic carbocycles. The van der Waals surface area contributed by atoms with Crippen molar-refractivity contribution in [3.63, 3.8) is 0 Å². The van der Waals surface area contributed by atoms with E-state index in [0.29, 0.717) is 0 Å². The molecular weight excluding hydrogens is 412 g/mol. The molecule has 0 unspecified atom stereocenters. The lowest BCUT2D eigenvalue weighted by molar-refractivity contribution is -0.113. The van der Waals surface area contributed by atoms with Crippen LogP contribution in [0.15, 0.2) is 58.3 Å². The highest BCUT2D eigenvalue weighted by Gasteiger charge is 2.12. The smallest absolute Gasteiger partial charge is 0.234 e. The Labute approximate surface area is 162 Å². The summed E-state index contributed by atoms with van der Waals surface area (Å²) in [5.41, 5.74) is 4.62. The van der Waals surface area contributed by atoms with Gasteiger partial charge in [0.2, 0.25) is 5.91 Å². The first kappa shape index (κ1) is 17.1. The number of hydrogen-bond acceptors (Lipinski definition) is 4. The van der Waals surface area contributed by atoms with Crippen molar-refractivity contribution in [2.45, 2.75) is 11.9 Å². The third-order valence-electron chi connectivity index (χ3n) is 4.04. The second kappa shape index (κ2) is 7.09. The Balaban J connectivity index is 1.52. The highest BCUT2D eigenvalue weighted by Crippen LogP contribution is 2.29. The Hall–Kier alpha value is -2.38. The Morgan fingerprint density at radius 1 is 1.23 bits per heavy atom. The minimum Gasteiger partial charge on any atom is -0.351 e. The lowest BCUT2D eigenvalue weighted by Crippen LogP contribution is -2.14. The number of nitrogens with zero attached hydrogens (tertiary/aromatic N) is 2.